The second-order valence-electron chi connectivity index (χ2n) is 5.24. The molecule has 0 aliphatic carbocycles. The zero-order valence-corrected chi connectivity index (χ0v) is 14.7. The van der Waals surface area contributed by atoms with Gasteiger partial charge >= 0.3 is 0 Å². The first-order chi connectivity index (χ1) is 9.99. The van der Waals surface area contributed by atoms with Gasteiger partial charge in [-0.25, -0.2) is 13.1 Å². The fourth-order valence-electron chi connectivity index (χ4n) is 1.91. The molecule has 0 radical (unpaired) electrons. The summed E-state index contributed by atoms with van der Waals surface area (Å²) in [5, 5.41) is 3.28. The lowest BCUT2D eigenvalue weighted by Crippen LogP contribution is -2.29. The molecule has 4 nitrogen and oxygen atoms in total. The van der Waals surface area contributed by atoms with Gasteiger partial charge in [-0.2, -0.15) is 11.8 Å². The lowest BCUT2D eigenvalue weighted by Gasteiger charge is -2.12. The van der Waals surface area contributed by atoms with Crippen LogP contribution in [-0.2, 0) is 16.6 Å². The molecule has 6 heteroatoms. The van der Waals surface area contributed by atoms with Crippen LogP contribution in [0.2, 0.25) is 0 Å². The van der Waals surface area contributed by atoms with Gasteiger partial charge in [0.2, 0.25) is 10.0 Å². The number of hydrogen-bond acceptors (Lipinski definition) is 4. The summed E-state index contributed by atoms with van der Waals surface area (Å²) in [6.07, 6.45) is 3.09. The molecular formula is C15H26N2O2S2. The summed E-state index contributed by atoms with van der Waals surface area (Å²) in [6, 6.07) is 7.12. The van der Waals surface area contributed by atoms with Crippen molar-refractivity contribution in [2.75, 3.05) is 25.1 Å². The predicted molar refractivity (Wildman–Crippen MR) is 91.2 cm³/mol. The minimum Gasteiger partial charge on any atom is -0.313 e. The summed E-state index contributed by atoms with van der Waals surface area (Å²) in [4.78, 5) is 0.342. The standard InChI is InChI=1S/C15H26N2O2S2/c1-4-8-16-11-14-6-5-7-15(9-14)21(18,19)17-10-13(2)12-20-3/h5-7,9,13,16-17H,4,8,10-12H2,1-3H3. The highest BCUT2D eigenvalue weighted by Crippen LogP contribution is 2.12. The van der Waals surface area contributed by atoms with Crippen molar-refractivity contribution in [1.29, 1.82) is 0 Å². The Morgan fingerprint density at radius 1 is 1.33 bits per heavy atom. The average Bonchev–Trinajstić information content (AvgIpc) is 2.46. The highest BCUT2D eigenvalue weighted by atomic mass is 32.2. The van der Waals surface area contributed by atoms with E-state index < -0.39 is 10.0 Å². The Kier molecular flexibility index (Phi) is 8.33. The van der Waals surface area contributed by atoms with Gasteiger partial charge in [0.15, 0.2) is 0 Å². The molecule has 0 aliphatic heterocycles. The molecule has 1 rings (SSSR count). The summed E-state index contributed by atoms with van der Waals surface area (Å²) in [7, 11) is -3.41. The van der Waals surface area contributed by atoms with Crippen LogP contribution in [0.15, 0.2) is 29.2 Å². The molecule has 0 saturated heterocycles. The van der Waals surface area contributed by atoms with E-state index in [9.17, 15) is 8.42 Å². The van der Waals surface area contributed by atoms with Crippen molar-refractivity contribution in [3.63, 3.8) is 0 Å². The molecule has 0 spiro atoms. The third-order valence-electron chi connectivity index (χ3n) is 3.04. The van der Waals surface area contributed by atoms with Crippen molar-refractivity contribution in [2.45, 2.75) is 31.7 Å². The van der Waals surface area contributed by atoms with Crippen LogP contribution in [0.4, 0.5) is 0 Å². The van der Waals surface area contributed by atoms with Gasteiger partial charge < -0.3 is 5.32 Å². The summed E-state index contributed by atoms with van der Waals surface area (Å²) in [5.74, 6) is 1.27. The maximum Gasteiger partial charge on any atom is 0.240 e. The SMILES string of the molecule is CCCNCc1cccc(S(=O)(=O)NCC(C)CSC)c1. The molecule has 1 atom stereocenters. The first-order valence-electron chi connectivity index (χ1n) is 7.28. The summed E-state index contributed by atoms with van der Waals surface area (Å²) >= 11 is 1.73. The van der Waals surface area contributed by atoms with Gasteiger partial charge in [0.05, 0.1) is 4.90 Å². The quantitative estimate of drug-likeness (QED) is 0.647. The molecule has 0 aliphatic rings. The van der Waals surface area contributed by atoms with Crippen LogP contribution in [0.3, 0.4) is 0 Å². The topological polar surface area (TPSA) is 58.2 Å². The molecule has 1 aromatic carbocycles. The van der Waals surface area contributed by atoms with Crippen LogP contribution in [0.25, 0.3) is 0 Å². The Morgan fingerprint density at radius 3 is 2.76 bits per heavy atom. The monoisotopic (exact) mass is 330 g/mol. The van der Waals surface area contributed by atoms with Gasteiger partial charge in [-0.3, -0.25) is 0 Å². The zero-order valence-electron chi connectivity index (χ0n) is 13.1. The first-order valence-corrected chi connectivity index (χ1v) is 10.2. The number of sulfonamides is 1. The first kappa shape index (κ1) is 18.5. The number of rotatable bonds is 10. The minimum absolute atomic E-state index is 0.323. The maximum absolute atomic E-state index is 12.3. The Morgan fingerprint density at radius 2 is 2.10 bits per heavy atom. The van der Waals surface area contributed by atoms with E-state index in [0.29, 0.717) is 23.9 Å². The molecule has 0 heterocycles. The predicted octanol–water partition coefficient (Wildman–Crippen LogP) is 2.46. The molecule has 1 unspecified atom stereocenters. The Labute approximate surface area is 133 Å². The Balaban J connectivity index is 2.67. The molecule has 0 fully saturated rings. The van der Waals surface area contributed by atoms with E-state index in [-0.39, 0.29) is 0 Å². The van der Waals surface area contributed by atoms with Crippen LogP contribution in [-0.4, -0.2) is 33.5 Å². The number of nitrogens with one attached hydrogen (secondary N) is 2. The van der Waals surface area contributed by atoms with Crippen LogP contribution >= 0.6 is 11.8 Å². The zero-order chi connectivity index (χ0) is 15.7. The van der Waals surface area contributed by atoms with E-state index in [0.717, 1.165) is 24.3 Å². The fraction of sp³-hybridized carbons (Fsp3) is 0.600. The largest absolute Gasteiger partial charge is 0.313 e. The Bertz CT molecular complexity index is 518. The van der Waals surface area contributed by atoms with E-state index in [1.165, 1.54) is 0 Å². The van der Waals surface area contributed by atoms with Crippen LogP contribution in [0.1, 0.15) is 25.8 Å². The van der Waals surface area contributed by atoms with Crippen molar-refractivity contribution < 1.29 is 8.42 Å². The average molecular weight is 331 g/mol. The van der Waals surface area contributed by atoms with E-state index in [2.05, 4.69) is 17.0 Å². The molecule has 21 heavy (non-hydrogen) atoms. The van der Waals surface area contributed by atoms with Gasteiger partial charge in [0.1, 0.15) is 0 Å². The van der Waals surface area contributed by atoms with Gasteiger partial charge in [-0.15, -0.1) is 0 Å². The second-order valence-corrected chi connectivity index (χ2v) is 7.91. The van der Waals surface area contributed by atoms with Gasteiger partial charge in [0.25, 0.3) is 0 Å². The van der Waals surface area contributed by atoms with Crippen LogP contribution in [0, 0.1) is 5.92 Å². The summed E-state index contributed by atoms with van der Waals surface area (Å²) in [5.41, 5.74) is 0.989. The van der Waals surface area contributed by atoms with E-state index in [1.807, 2.05) is 19.2 Å². The molecule has 1 aromatic rings. The van der Waals surface area contributed by atoms with E-state index in [1.54, 1.807) is 30.0 Å². The van der Waals surface area contributed by atoms with E-state index >= 15 is 0 Å². The molecule has 0 amide bonds. The number of benzene rings is 1. The minimum atomic E-state index is -3.41. The smallest absolute Gasteiger partial charge is 0.240 e. The maximum atomic E-state index is 12.3. The van der Waals surface area contributed by atoms with Crippen molar-refractivity contribution in [2.24, 2.45) is 5.92 Å². The van der Waals surface area contributed by atoms with Gasteiger partial charge in [-0.05, 0) is 48.6 Å². The highest BCUT2D eigenvalue weighted by molar-refractivity contribution is 7.98. The van der Waals surface area contributed by atoms with Gasteiger partial charge in [0, 0.05) is 13.1 Å². The van der Waals surface area contributed by atoms with Gasteiger partial charge in [-0.1, -0.05) is 26.0 Å². The molecule has 0 bridgehead atoms. The van der Waals surface area contributed by atoms with Crippen LogP contribution < -0.4 is 10.0 Å². The van der Waals surface area contributed by atoms with E-state index in [4.69, 9.17) is 0 Å². The van der Waals surface area contributed by atoms with Crippen molar-refractivity contribution in [3.05, 3.63) is 29.8 Å². The van der Waals surface area contributed by atoms with Crippen molar-refractivity contribution >= 4 is 21.8 Å². The lowest BCUT2D eigenvalue weighted by atomic mass is 10.2. The Hall–Kier alpha value is -0.560. The van der Waals surface area contributed by atoms with Crippen molar-refractivity contribution in [1.82, 2.24) is 10.0 Å². The molecular weight excluding hydrogens is 304 g/mol. The third-order valence-corrected chi connectivity index (χ3v) is 5.36. The second kappa shape index (κ2) is 9.46. The lowest BCUT2D eigenvalue weighted by molar-refractivity contribution is 0.562. The van der Waals surface area contributed by atoms with Crippen LogP contribution in [0.5, 0.6) is 0 Å². The number of hydrogen-bond donors (Lipinski definition) is 2. The summed E-state index contributed by atoms with van der Waals surface area (Å²) < 4.78 is 27.3. The summed E-state index contributed by atoms with van der Waals surface area (Å²) in [6.45, 7) is 6.25. The normalized spacial score (nSPS) is 13.3. The molecule has 2 N–H and O–H groups in total. The van der Waals surface area contributed by atoms with Crippen molar-refractivity contribution in [3.8, 4) is 0 Å². The molecule has 0 aromatic heterocycles. The third kappa shape index (κ3) is 6.82. The molecule has 120 valence electrons. The number of thioether (sulfide) groups is 1. The highest BCUT2D eigenvalue weighted by Gasteiger charge is 2.15. The fourth-order valence-corrected chi connectivity index (χ4v) is 3.83. The molecule has 0 saturated carbocycles.